The van der Waals surface area contributed by atoms with Crippen LogP contribution < -0.4 is 10.9 Å². The molecule has 0 bridgehead atoms. The number of aromatic amines is 1. The van der Waals surface area contributed by atoms with Gasteiger partial charge in [0, 0.05) is 12.3 Å². The molecule has 86 valence electrons. The van der Waals surface area contributed by atoms with E-state index >= 15 is 0 Å². The zero-order valence-electron chi connectivity index (χ0n) is 8.48. The molecule has 0 radical (unpaired) electrons. The first kappa shape index (κ1) is 11.3. The Morgan fingerprint density at radius 3 is 2.71 bits per heavy atom. The molecule has 0 aromatic carbocycles. The van der Waals surface area contributed by atoms with Gasteiger partial charge in [0.15, 0.2) is 5.82 Å². The molecule has 0 spiro atoms. The van der Waals surface area contributed by atoms with Crippen molar-refractivity contribution >= 4 is 23.3 Å². The molecule has 0 fully saturated rings. The lowest BCUT2D eigenvalue weighted by Gasteiger charge is -2.02. The van der Waals surface area contributed by atoms with Gasteiger partial charge in [-0.25, -0.2) is 10.1 Å². The van der Waals surface area contributed by atoms with Crippen molar-refractivity contribution in [2.45, 2.75) is 0 Å². The fourth-order valence-corrected chi connectivity index (χ4v) is 1.22. The van der Waals surface area contributed by atoms with Gasteiger partial charge in [-0.1, -0.05) is 11.6 Å². The third-order valence-electron chi connectivity index (χ3n) is 1.91. The first-order valence-electron chi connectivity index (χ1n) is 4.64. The van der Waals surface area contributed by atoms with Crippen molar-refractivity contribution in [1.82, 2.24) is 15.2 Å². The molecule has 2 aromatic heterocycles. The molecular weight excluding hydrogens is 244 g/mol. The quantitative estimate of drug-likeness (QED) is 0.781. The Morgan fingerprint density at radius 1 is 1.29 bits per heavy atom. The van der Waals surface area contributed by atoms with E-state index in [1.54, 1.807) is 0 Å². The third-order valence-corrected chi connectivity index (χ3v) is 2.13. The molecule has 0 aliphatic carbocycles. The lowest BCUT2D eigenvalue weighted by atomic mass is 10.3. The summed E-state index contributed by atoms with van der Waals surface area (Å²) in [5.74, 6) is -0.127. The zero-order valence-corrected chi connectivity index (χ0v) is 9.23. The van der Waals surface area contributed by atoms with E-state index in [1.807, 2.05) is 0 Å². The molecule has 2 heterocycles. The number of anilines is 1. The summed E-state index contributed by atoms with van der Waals surface area (Å²) in [6, 6.07) is 5.72. The average Bonchev–Trinajstić information content (AvgIpc) is 2.33. The van der Waals surface area contributed by atoms with Crippen molar-refractivity contribution in [2.75, 3.05) is 5.32 Å². The number of hydrogen-bond donors (Lipinski definition) is 2. The number of carbonyl (C=O) groups excluding carboxylic acids is 1. The van der Waals surface area contributed by atoms with Crippen molar-refractivity contribution in [3.63, 3.8) is 0 Å². The topological polar surface area (TPSA) is 87.7 Å². The van der Waals surface area contributed by atoms with E-state index in [0.29, 0.717) is 10.7 Å². The van der Waals surface area contributed by atoms with Crippen LogP contribution in [0.15, 0.2) is 35.3 Å². The van der Waals surface area contributed by atoms with Gasteiger partial charge in [0.2, 0.25) is 0 Å². The van der Waals surface area contributed by atoms with Crippen LogP contribution in [0.25, 0.3) is 0 Å². The van der Waals surface area contributed by atoms with Gasteiger partial charge >= 0.3 is 0 Å². The first-order chi connectivity index (χ1) is 8.15. The van der Waals surface area contributed by atoms with Crippen LogP contribution in [-0.2, 0) is 0 Å². The van der Waals surface area contributed by atoms with Crippen LogP contribution in [0.5, 0.6) is 0 Å². The van der Waals surface area contributed by atoms with Crippen LogP contribution in [0, 0.1) is 0 Å². The van der Waals surface area contributed by atoms with Gasteiger partial charge < -0.3 is 5.32 Å². The normalized spacial score (nSPS) is 9.94. The standard InChI is InChI=1S/C10H7ClN4O2/c11-7-2-1-6(5-12-7)10(17)13-8-3-4-9(16)15-14-8/h1-5H,(H,15,16)(H,13,14,17). The Hall–Kier alpha value is -2.21. The minimum absolute atomic E-state index is 0.254. The van der Waals surface area contributed by atoms with Crippen LogP contribution in [0.3, 0.4) is 0 Å². The molecule has 6 nitrogen and oxygen atoms in total. The molecular formula is C10H7ClN4O2. The monoisotopic (exact) mass is 250 g/mol. The molecule has 0 saturated carbocycles. The fourth-order valence-electron chi connectivity index (χ4n) is 1.11. The molecule has 2 N–H and O–H groups in total. The fraction of sp³-hybridized carbons (Fsp3) is 0. The summed E-state index contributed by atoms with van der Waals surface area (Å²) < 4.78 is 0. The van der Waals surface area contributed by atoms with Gasteiger partial charge in [0.05, 0.1) is 5.56 Å². The molecule has 0 aliphatic rings. The number of amides is 1. The predicted octanol–water partition coefficient (Wildman–Crippen LogP) is 1.07. The molecule has 1 amide bonds. The lowest BCUT2D eigenvalue weighted by molar-refractivity contribution is 0.102. The molecule has 7 heteroatoms. The van der Waals surface area contributed by atoms with Crippen LogP contribution in [0.4, 0.5) is 5.82 Å². The summed E-state index contributed by atoms with van der Waals surface area (Å²) in [5, 5.41) is 8.66. The minimum Gasteiger partial charge on any atom is -0.305 e. The van der Waals surface area contributed by atoms with Gasteiger partial charge in [-0.2, -0.15) is 5.10 Å². The Kier molecular flexibility index (Phi) is 3.15. The largest absolute Gasteiger partial charge is 0.305 e. The van der Waals surface area contributed by atoms with E-state index in [9.17, 15) is 9.59 Å². The summed E-state index contributed by atoms with van der Waals surface area (Å²) >= 11 is 5.60. The minimum atomic E-state index is -0.381. The second kappa shape index (κ2) is 4.75. The maximum Gasteiger partial charge on any atom is 0.264 e. The second-order valence-electron chi connectivity index (χ2n) is 3.13. The van der Waals surface area contributed by atoms with E-state index in [2.05, 4.69) is 20.5 Å². The van der Waals surface area contributed by atoms with Crippen LogP contribution in [0.1, 0.15) is 10.4 Å². The summed E-state index contributed by atoms with van der Waals surface area (Å²) in [4.78, 5) is 26.2. The third kappa shape index (κ3) is 2.88. The van der Waals surface area contributed by atoms with Crippen molar-refractivity contribution in [3.05, 3.63) is 51.5 Å². The van der Waals surface area contributed by atoms with E-state index in [4.69, 9.17) is 11.6 Å². The number of H-pyrrole nitrogens is 1. The van der Waals surface area contributed by atoms with Gasteiger partial charge in [0.25, 0.3) is 11.5 Å². The van der Waals surface area contributed by atoms with E-state index in [-0.39, 0.29) is 17.3 Å². The van der Waals surface area contributed by atoms with E-state index in [0.717, 1.165) is 0 Å². The molecule has 0 aliphatic heterocycles. The lowest BCUT2D eigenvalue weighted by Crippen LogP contribution is -2.15. The SMILES string of the molecule is O=C(Nc1ccc(=O)[nH]n1)c1ccc(Cl)nc1. The molecule has 0 atom stereocenters. The highest BCUT2D eigenvalue weighted by Crippen LogP contribution is 2.07. The molecule has 17 heavy (non-hydrogen) atoms. The van der Waals surface area contributed by atoms with Crippen LogP contribution >= 0.6 is 11.6 Å². The van der Waals surface area contributed by atoms with Crippen molar-refractivity contribution < 1.29 is 4.79 Å². The summed E-state index contributed by atoms with van der Waals surface area (Å²) in [6.07, 6.45) is 1.35. The smallest absolute Gasteiger partial charge is 0.264 e. The van der Waals surface area contributed by atoms with Gasteiger partial charge in [-0.05, 0) is 18.2 Å². The van der Waals surface area contributed by atoms with Crippen molar-refractivity contribution in [3.8, 4) is 0 Å². The Bertz CT molecular complexity index is 574. The summed E-state index contributed by atoms with van der Waals surface area (Å²) in [5.41, 5.74) is 0.0126. The average molecular weight is 251 g/mol. The Morgan fingerprint density at radius 2 is 2.12 bits per heavy atom. The maximum absolute atomic E-state index is 11.7. The second-order valence-corrected chi connectivity index (χ2v) is 3.52. The highest BCUT2D eigenvalue weighted by Gasteiger charge is 2.06. The summed E-state index contributed by atoms with van der Waals surface area (Å²) in [6.45, 7) is 0. The number of rotatable bonds is 2. The zero-order chi connectivity index (χ0) is 12.3. The number of pyridine rings is 1. The van der Waals surface area contributed by atoms with E-state index < -0.39 is 0 Å². The highest BCUT2D eigenvalue weighted by molar-refractivity contribution is 6.29. The highest BCUT2D eigenvalue weighted by atomic mass is 35.5. The molecule has 0 unspecified atom stereocenters. The van der Waals surface area contributed by atoms with Crippen molar-refractivity contribution in [2.24, 2.45) is 0 Å². The Balaban J connectivity index is 2.14. The molecule has 2 rings (SSSR count). The number of hydrogen-bond acceptors (Lipinski definition) is 4. The maximum atomic E-state index is 11.7. The van der Waals surface area contributed by atoms with Crippen LogP contribution in [0.2, 0.25) is 5.15 Å². The van der Waals surface area contributed by atoms with Crippen LogP contribution in [-0.4, -0.2) is 21.1 Å². The molecule has 0 saturated heterocycles. The number of nitrogens with zero attached hydrogens (tertiary/aromatic N) is 2. The van der Waals surface area contributed by atoms with Crippen molar-refractivity contribution in [1.29, 1.82) is 0 Å². The number of carbonyl (C=O) groups is 1. The van der Waals surface area contributed by atoms with Gasteiger partial charge in [-0.3, -0.25) is 9.59 Å². The van der Waals surface area contributed by atoms with Gasteiger partial charge in [-0.15, -0.1) is 0 Å². The number of halogens is 1. The Labute approximate surface area is 101 Å². The number of aromatic nitrogens is 3. The van der Waals surface area contributed by atoms with Gasteiger partial charge in [0.1, 0.15) is 5.15 Å². The number of nitrogens with one attached hydrogen (secondary N) is 2. The van der Waals surface area contributed by atoms with E-state index in [1.165, 1.54) is 30.5 Å². The predicted molar refractivity (Wildman–Crippen MR) is 62.1 cm³/mol. The molecule has 2 aromatic rings. The first-order valence-corrected chi connectivity index (χ1v) is 5.01. The summed E-state index contributed by atoms with van der Waals surface area (Å²) in [7, 11) is 0.